The molecule has 18 heavy (non-hydrogen) atoms. The second-order valence-electron chi connectivity index (χ2n) is 6.94. The lowest BCUT2D eigenvalue weighted by molar-refractivity contribution is 0.0504. The van der Waals surface area contributed by atoms with Crippen molar-refractivity contribution in [1.29, 1.82) is 0 Å². The standard InChI is InChI=1S/C16H30N2/c1-14-5-4-8-16(13-14)18-11-9-17(10-12-18)15-6-2-3-7-15/h14-16H,2-13H2,1H3/t14-,16+/m1/s1. The summed E-state index contributed by atoms with van der Waals surface area (Å²) in [6.07, 6.45) is 11.8. The van der Waals surface area contributed by atoms with E-state index in [4.69, 9.17) is 0 Å². The van der Waals surface area contributed by atoms with Gasteiger partial charge < -0.3 is 0 Å². The van der Waals surface area contributed by atoms with Gasteiger partial charge in [-0.3, -0.25) is 9.80 Å². The van der Waals surface area contributed by atoms with Crippen LogP contribution >= 0.6 is 0 Å². The summed E-state index contributed by atoms with van der Waals surface area (Å²) >= 11 is 0. The molecule has 0 aromatic carbocycles. The minimum atomic E-state index is 0.916. The lowest BCUT2D eigenvalue weighted by atomic mass is 9.86. The first-order valence-electron chi connectivity index (χ1n) is 8.31. The molecule has 3 aliphatic rings. The first kappa shape index (κ1) is 12.9. The normalized spacial score (nSPS) is 37.2. The number of hydrogen-bond acceptors (Lipinski definition) is 2. The van der Waals surface area contributed by atoms with Crippen molar-refractivity contribution in [1.82, 2.24) is 9.80 Å². The van der Waals surface area contributed by atoms with E-state index in [1.54, 1.807) is 0 Å². The smallest absolute Gasteiger partial charge is 0.0113 e. The van der Waals surface area contributed by atoms with Crippen molar-refractivity contribution in [2.45, 2.75) is 70.4 Å². The van der Waals surface area contributed by atoms with Crippen molar-refractivity contribution >= 4 is 0 Å². The summed E-state index contributed by atoms with van der Waals surface area (Å²) in [5.74, 6) is 0.969. The predicted molar refractivity (Wildman–Crippen MR) is 76.8 cm³/mol. The Morgan fingerprint density at radius 2 is 1.22 bits per heavy atom. The van der Waals surface area contributed by atoms with Crippen molar-refractivity contribution < 1.29 is 0 Å². The largest absolute Gasteiger partial charge is 0.298 e. The van der Waals surface area contributed by atoms with Crippen molar-refractivity contribution in [3.8, 4) is 0 Å². The van der Waals surface area contributed by atoms with E-state index in [-0.39, 0.29) is 0 Å². The molecule has 3 rings (SSSR count). The second-order valence-corrected chi connectivity index (χ2v) is 6.94. The Morgan fingerprint density at radius 1 is 0.667 bits per heavy atom. The molecule has 0 radical (unpaired) electrons. The van der Waals surface area contributed by atoms with Crippen LogP contribution in [-0.2, 0) is 0 Å². The van der Waals surface area contributed by atoms with Gasteiger partial charge in [0.05, 0.1) is 0 Å². The van der Waals surface area contributed by atoms with E-state index in [1.807, 2.05) is 0 Å². The highest BCUT2D eigenvalue weighted by Crippen LogP contribution is 2.29. The molecule has 0 N–H and O–H groups in total. The van der Waals surface area contributed by atoms with Crippen molar-refractivity contribution in [2.24, 2.45) is 5.92 Å². The van der Waals surface area contributed by atoms with Crippen molar-refractivity contribution in [2.75, 3.05) is 26.2 Å². The molecule has 0 spiro atoms. The van der Waals surface area contributed by atoms with Gasteiger partial charge in [-0.1, -0.05) is 32.6 Å². The maximum absolute atomic E-state index is 2.81. The number of nitrogens with zero attached hydrogens (tertiary/aromatic N) is 2. The van der Waals surface area contributed by atoms with Gasteiger partial charge in [0.15, 0.2) is 0 Å². The molecule has 1 heterocycles. The highest BCUT2D eigenvalue weighted by molar-refractivity contribution is 4.86. The van der Waals surface area contributed by atoms with Gasteiger partial charge in [-0.2, -0.15) is 0 Å². The van der Waals surface area contributed by atoms with E-state index in [1.165, 1.54) is 77.5 Å². The van der Waals surface area contributed by atoms with Gasteiger partial charge >= 0.3 is 0 Å². The number of hydrogen-bond donors (Lipinski definition) is 0. The van der Waals surface area contributed by atoms with Gasteiger partial charge in [0, 0.05) is 38.3 Å². The lowest BCUT2D eigenvalue weighted by Crippen LogP contribution is -2.53. The fourth-order valence-corrected chi connectivity index (χ4v) is 4.47. The Labute approximate surface area is 113 Å². The zero-order chi connectivity index (χ0) is 12.4. The topological polar surface area (TPSA) is 6.48 Å². The quantitative estimate of drug-likeness (QED) is 0.743. The van der Waals surface area contributed by atoms with Crippen LogP contribution < -0.4 is 0 Å². The summed E-state index contributed by atoms with van der Waals surface area (Å²) in [7, 11) is 0. The van der Waals surface area contributed by atoms with Gasteiger partial charge in [-0.05, 0) is 31.6 Å². The van der Waals surface area contributed by atoms with Crippen LogP contribution in [0.15, 0.2) is 0 Å². The predicted octanol–water partition coefficient (Wildman–Crippen LogP) is 3.13. The third-order valence-corrected chi connectivity index (χ3v) is 5.62. The van der Waals surface area contributed by atoms with E-state index in [0.29, 0.717) is 0 Å². The fraction of sp³-hybridized carbons (Fsp3) is 1.00. The van der Waals surface area contributed by atoms with Gasteiger partial charge in [0.1, 0.15) is 0 Å². The summed E-state index contributed by atoms with van der Waals surface area (Å²) in [5.41, 5.74) is 0. The average Bonchev–Trinajstić information content (AvgIpc) is 2.93. The van der Waals surface area contributed by atoms with E-state index < -0.39 is 0 Å². The number of piperazine rings is 1. The molecule has 104 valence electrons. The molecule has 3 fully saturated rings. The molecule has 0 unspecified atom stereocenters. The van der Waals surface area contributed by atoms with E-state index >= 15 is 0 Å². The van der Waals surface area contributed by atoms with Crippen LogP contribution in [0.3, 0.4) is 0 Å². The summed E-state index contributed by atoms with van der Waals surface area (Å²) in [5, 5.41) is 0. The molecule has 1 aliphatic heterocycles. The minimum Gasteiger partial charge on any atom is -0.298 e. The second kappa shape index (κ2) is 5.92. The maximum atomic E-state index is 2.81. The summed E-state index contributed by atoms with van der Waals surface area (Å²) in [4.78, 5) is 5.59. The highest BCUT2D eigenvalue weighted by atomic mass is 15.3. The van der Waals surface area contributed by atoms with Gasteiger partial charge in [0.25, 0.3) is 0 Å². The van der Waals surface area contributed by atoms with Gasteiger partial charge in [0.2, 0.25) is 0 Å². The minimum absolute atomic E-state index is 0.916. The Bertz CT molecular complexity index is 252. The Morgan fingerprint density at radius 3 is 1.83 bits per heavy atom. The zero-order valence-corrected chi connectivity index (χ0v) is 12.1. The van der Waals surface area contributed by atoms with Crippen LogP contribution in [0.4, 0.5) is 0 Å². The molecule has 2 aliphatic carbocycles. The Hall–Kier alpha value is -0.0800. The lowest BCUT2D eigenvalue weighted by Gasteiger charge is -2.43. The molecule has 0 amide bonds. The SMILES string of the molecule is C[C@@H]1CCC[C@H](N2CCN(C3CCCC3)CC2)C1. The monoisotopic (exact) mass is 250 g/mol. The molecule has 2 nitrogen and oxygen atoms in total. The van der Waals surface area contributed by atoms with Gasteiger partial charge in [-0.15, -0.1) is 0 Å². The fourth-order valence-electron chi connectivity index (χ4n) is 4.47. The molecular weight excluding hydrogens is 220 g/mol. The van der Waals surface area contributed by atoms with E-state index in [0.717, 1.165) is 18.0 Å². The van der Waals surface area contributed by atoms with Crippen LogP contribution in [0.2, 0.25) is 0 Å². The van der Waals surface area contributed by atoms with E-state index in [9.17, 15) is 0 Å². The molecule has 2 heteroatoms. The molecule has 2 saturated carbocycles. The van der Waals surface area contributed by atoms with Crippen LogP contribution in [0.5, 0.6) is 0 Å². The molecule has 2 atom stereocenters. The first-order valence-corrected chi connectivity index (χ1v) is 8.31. The zero-order valence-electron chi connectivity index (χ0n) is 12.1. The van der Waals surface area contributed by atoms with Crippen LogP contribution in [-0.4, -0.2) is 48.1 Å². The van der Waals surface area contributed by atoms with Crippen molar-refractivity contribution in [3.63, 3.8) is 0 Å². The average molecular weight is 250 g/mol. The third-order valence-electron chi connectivity index (χ3n) is 5.62. The molecule has 0 aromatic heterocycles. The summed E-state index contributed by atoms with van der Waals surface area (Å²) in [6, 6.07) is 1.86. The Kier molecular flexibility index (Phi) is 4.25. The van der Waals surface area contributed by atoms with Gasteiger partial charge in [-0.25, -0.2) is 0 Å². The summed E-state index contributed by atoms with van der Waals surface area (Å²) in [6.45, 7) is 7.81. The first-order chi connectivity index (χ1) is 8.83. The highest BCUT2D eigenvalue weighted by Gasteiger charge is 2.30. The molecule has 0 aromatic rings. The molecular formula is C16H30N2. The van der Waals surface area contributed by atoms with E-state index in [2.05, 4.69) is 16.7 Å². The number of rotatable bonds is 2. The van der Waals surface area contributed by atoms with Crippen LogP contribution in [0.1, 0.15) is 58.3 Å². The van der Waals surface area contributed by atoms with Crippen LogP contribution in [0, 0.1) is 5.92 Å². The van der Waals surface area contributed by atoms with Crippen LogP contribution in [0.25, 0.3) is 0 Å². The molecule has 0 bridgehead atoms. The molecule has 1 saturated heterocycles. The summed E-state index contributed by atoms with van der Waals surface area (Å²) < 4.78 is 0. The maximum Gasteiger partial charge on any atom is 0.0113 e. The Balaban J connectivity index is 1.47. The van der Waals surface area contributed by atoms with Crippen molar-refractivity contribution in [3.05, 3.63) is 0 Å². The third kappa shape index (κ3) is 2.91.